The molecule has 0 fully saturated rings. The van der Waals surface area contributed by atoms with Crippen molar-refractivity contribution in [1.29, 1.82) is 0 Å². The van der Waals surface area contributed by atoms with Crippen LogP contribution in [-0.2, 0) is 6.54 Å². The molecule has 0 atom stereocenters. The van der Waals surface area contributed by atoms with Gasteiger partial charge in [0.05, 0.1) is 11.6 Å². The molecule has 0 amide bonds. The molecule has 1 aromatic rings. The number of nitrogens with one attached hydrogen (secondary N) is 1. The van der Waals surface area contributed by atoms with Crippen LogP contribution in [0.3, 0.4) is 0 Å². The summed E-state index contributed by atoms with van der Waals surface area (Å²) in [6.07, 6.45) is 3.33. The SMILES string of the molecule is COc1c(Br)cc(Br)cc1CNCCCSC. The average Bonchev–Trinajstić information content (AvgIpc) is 2.28. The van der Waals surface area contributed by atoms with Crippen molar-refractivity contribution in [3.8, 4) is 5.75 Å². The molecule has 2 nitrogen and oxygen atoms in total. The second kappa shape index (κ2) is 8.40. The second-order valence-electron chi connectivity index (χ2n) is 3.60. The fourth-order valence-electron chi connectivity index (χ4n) is 1.54. The number of thioether (sulfide) groups is 1. The standard InChI is InChI=1S/C12H17Br2NOS/c1-16-12-9(6-10(13)7-11(12)14)8-15-4-3-5-17-2/h6-7,15H,3-5,8H2,1-2H3. The van der Waals surface area contributed by atoms with Gasteiger partial charge in [0.1, 0.15) is 5.75 Å². The monoisotopic (exact) mass is 381 g/mol. The number of methoxy groups -OCH3 is 1. The normalized spacial score (nSPS) is 10.6. The number of hydrogen-bond acceptors (Lipinski definition) is 3. The Morgan fingerprint density at radius 2 is 2.12 bits per heavy atom. The summed E-state index contributed by atoms with van der Waals surface area (Å²) in [6, 6.07) is 4.08. The van der Waals surface area contributed by atoms with Crippen LogP contribution in [-0.4, -0.2) is 25.7 Å². The Labute approximate surface area is 124 Å². The second-order valence-corrected chi connectivity index (χ2v) is 6.36. The van der Waals surface area contributed by atoms with Gasteiger partial charge in [-0.1, -0.05) is 15.9 Å². The van der Waals surface area contributed by atoms with E-state index in [1.165, 1.54) is 12.2 Å². The highest BCUT2D eigenvalue weighted by Gasteiger charge is 2.08. The Bertz CT molecular complexity index is 361. The number of hydrogen-bond donors (Lipinski definition) is 1. The van der Waals surface area contributed by atoms with E-state index >= 15 is 0 Å². The van der Waals surface area contributed by atoms with Crippen molar-refractivity contribution >= 4 is 43.6 Å². The van der Waals surface area contributed by atoms with Crippen LogP contribution in [0, 0.1) is 0 Å². The lowest BCUT2D eigenvalue weighted by Gasteiger charge is -2.12. The molecule has 0 heterocycles. The van der Waals surface area contributed by atoms with Gasteiger partial charge in [-0.25, -0.2) is 0 Å². The molecule has 0 saturated heterocycles. The highest BCUT2D eigenvalue weighted by atomic mass is 79.9. The van der Waals surface area contributed by atoms with Crippen LogP contribution in [0.4, 0.5) is 0 Å². The van der Waals surface area contributed by atoms with Crippen LogP contribution < -0.4 is 10.1 Å². The first kappa shape index (κ1) is 15.3. The Morgan fingerprint density at radius 3 is 2.76 bits per heavy atom. The van der Waals surface area contributed by atoms with Gasteiger partial charge in [-0.05, 0) is 53.0 Å². The van der Waals surface area contributed by atoms with Crippen molar-refractivity contribution in [3.05, 3.63) is 26.6 Å². The molecule has 0 spiro atoms. The molecule has 1 aromatic carbocycles. The van der Waals surface area contributed by atoms with Gasteiger partial charge in [0.15, 0.2) is 0 Å². The lowest BCUT2D eigenvalue weighted by Crippen LogP contribution is -2.16. The highest BCUT2D eigenvalue weighted by molar-refractivity contribution is 9.11. The summed E-state index contributed by atoms with van der Waals surface area (Å²) in [7, 11) is 1.70. The van der Waals surface area contributed by atoms with Gasteiger partial charge in [-0.3, -0.25) is 0 Å². The van der Waals surface area contributed by atoms with Gasteiger partial charge < -0.3 is 10.1 Å². The minimum Gasteiger partial charge on any atom is -0.495 e. The third-order valence-electron chi connectivity index (χ3n) is 2.31. The van der Waals surface area contributed by atoms with Crippen LogP contribution in [0.15, 0.2) is 21.1 Å². The molecule has 0 aliphatic carbocycles. The van der Waals surface area contributed by atoms with E-state index in [1.807, 2.05) is 17.8 Å². The van der Waals surface area contributed by atoms with Crippen LogP contribution >= 0.6 is 43.6 Å². The summed E-state index contributed by atoms with van der Waals surface area (Å²) in [5.74, 6) is 2.11. The largest absolute Gasteiger partial charge is 0.495 e. The molecule has 0 unspecified atom stereocenters. The molecular weight excluding hydrogens is 366 g/mol. The molecule has 1 N–H and O–H groups in total. The summed E-state index contributed by atoms with van der Waals surface area (Å²) in [6.45, 7) is 1.86. The number of halogens is 2. The third kappa shape index (κ3) is 5.20. The van der Waals surface area contributed by atoms with E-state index in [0.29, 0.717) is 0 Å². The first-order chi connectivity index (χ1) is 8.19. The van der Waals surface area contributed by atoms with E-state index in [0.717, 1.165) is 33.3 Å². The van der Waals surface area contributed by atoms with E-state index in [4.69, 9.17) is 4.74 Å². The summed E-state index contributed by atoms with van der Waals surface area (Å²) < 4.78 is 7.44. The zero-order valence-corrected chi connectivity index (χ0v) is 14.0. The molecule has 17 heavy (non-hydrogen) atoms. The Kier molecular flexibility index (Phi) is 7.59. The first-order valence-electron chi connectivity index (χ1n) is 5.40. The third-order valence-corrected chi connectivity index (χ3v) is 4.05. The number of benzene rings is 1. The molecule has 0 bridgehead atoms. The van der Waals surface area contributed by atoms with Crippen LogP contribution in [0.1, 0.15) is 12.0 Å². The first-order valence-corrected chi connectivity index (χ1v) is 8.38. The quantitative estimate of drug-likeness (QED) is 0.718. The topological polar surface area (TPSA) is 21.3 Å². The molecule has 0 aromatic heterocycles. The highest BCUT2D eigenvalue weighted by Crippen LogP contribution is 2.32. The van der Waals surface area contributed by atoms with Gasteiger partial charge >= 0.3 is 0 Å². The predicted molar refractivity (Wildman–Crippen MR) is 83.1 cm³/mol. The van der Waals surface area contributed by atoms with Crippen LogP contribution in [0.5, 0.6) is 5.75 Å². The number of rotatable bonds is 7. The van der Waals surface area contributed by atoms with Gasteiger partial charge in [-0.2, -0.15) is 11.8 Å². The molecule has 0 saturated carbocycles. The minimum absolute atomic E-state index is 0.829. The Morgan fingerprint density at radius 1 is 1.35 bits per heavy atom. The molecule has 0 radical (unpaired) electrons. The summed E-state index contributed by atoms with van der Waals surface area (Å²) in [5, 5.41) is 3.43. The maximum atomic E-state index is 5.40. The number of ether oxygens (including phenoxy) is 1. The van der Waals surface area contributed by atoms with Crippen molar-refractivity contribution < 1.29 is 4.74 Å². The van der Waals surface area contributed by atoms with Crippen molar-refractivity contribution in [3.63, 3.8) is 0 Å². The smallest absolute Gasteiger partial charge is 0.137 e. The van der Waals surface area contributed by atoms with Crippen LogP contribution in [0.2, 0.25) is 0 Å². The van der Waals surface area contributed by atoms with Gasteiger partial charge in [0, 0.05) is 16.6 Å². The summed E-state index contributed by atoms with van der Waals surface area (Å²) >= 11 is 8.88. The summed E-state index contributed by atoms with van der Waals surface area (Å²) in [4.78, 5) is 0. The lowest BCUT2D eigenvalue weighted by molar-refractivity contribution is 0.405. The fraction of sp³-hybridized carbons (Fsp3) is 0.500. The predicted octanol–water partition coefficient (Wildman–Crippen LogP) is 4.06. The zero-order chi connectivity index (χ0) is 12.7. The van der Waals surface area contributed by atoms with E-state index in [1.54, 1.807) is 7.11 Å². The van der Waals surface area contributed by atoms with E-state index in [2.05, 4.69) is 49.5 Å². The molecular formula is C12H17Br2NOS. The van der Waals surface area contributed by atoms with Crippen molar-refractivity contribution in [2.45, 2.75) is 13.0 Å². The van der Waals surface area contributed by atoms with E-state index in [-0.39, 0.29) is 0 Å². The maximum absolute atomic E-state index is 5.40. The molecule has 96 valence electrons. The molecule has 1 rings (SSSR count). The minimum atomic E-state index is 0.829. The summed E-state index contributed by atoms with van der Waals surface area (Å²) in [5.41, 5.74) is 1.16. The van der Waals surface area contributed by atoms with E-state index in [9.17, 15) is 0 Å². The molecule has 5 heteroatoms. The zero-order valence-electron chi connectivity index (χ0n) is 10.1. The van der Waals surface area contributed by atoms with Crippen molar-refractivity contribution in [2.24, 2.45) is 0 Å². The van der Waals surface area contributed by atoms with Gasteiger partial charge in [0.2, 0.25) is 0 Å². The van der Waals surface area contributed by atoms with Gasteiger partial charge in [-0.15, -0.1) is 0 Å². The van der Waals surface area contributed by atoms with Crippen molar-refractivity contribution in [2.75, 3.05) is 25.7 Å². The maximum Gasteiger partial charge on any atom is 0.137 e. The average molecular weight is 383 g/mol. The Balaban J connectivity index is 2.57. The molecule has 0 aliphatic heterocycles. The Hall–Kier alpha value is 0.290. The van der Waals surface area contributed by atoms with E-state index < -0.39 is 0 Å². The van der Waals surface area contributed by atoms with Gasteiger partial charge in [0.25, 0.3) is 0 Å². The van der Waals surface area contributed by atoms with Crippen LogP contribution in [0.25, 0.3) is 0 Å². The van der Waals surface area contributed by atoms with Crippen molar-refractivity contribution in [1.82, 2.24) is 5.32 Å². The fourth-order valence-corrected chi connectivity index (χ4v) is 3.45. The lowest BCUT2D eigenvalue weighted by atomic mass is 10.2. The molecule has 0 aliphatic rings.